The van der Waals surface area contributed by atoms with E-state index in [1.54, 1.807) is 0 Å². The zero-order chi connectivity index (χ0) is 33.5. The van der Waals surface area contributed by atoms with E-state index in [1.807, 2.05) is 11.3 Å². The molecule has 2 aromatic heterocycles. The van der Waals surface area contributed by atoms with E-state index in [9.17, 15) is 0 Å². The molecule has 2 aliphatic rings. The maximum absolute atomic E-state index is 6.88. The summed E-state index contributed by atoms with van der Waals surface area (Å²) in [5, 5.41) is 5.00. The number of allylic oxidation sites excluding steroid dienone is 1. The van der Waals surface area contributed by atoms with Crippen LogP contribution in [0.25, 0.3) is 70.9 Å². The average Bonchev–Trinajstić information content (AvgIpc) is 3.89. The summed E-state index contributed by atoms with van der Waals surface area (Å²) in [5.41, 5.74) is 11.4. The predicted molar refractivity (Wildman–Crippen MR) is 213 cm³/mol. The van der Waals surface area contributed by atoms with Crippen molar-refractivity contribution >= 4 is 65.4 Å². The van der Waals surface area contributed by atoms with Crippen LogP contribution in [-0.4, -0.2) is 4.98 Å². The molecule has 240 valence electrons. The van der Waals surface area contributed by atoms with Crippen molar-refractivity contribution in [1.82, 2.24) is 4.98 Å². The molecule has 0 fully saturated rings. The predicted octanol–water partition coefficient (Wildman–Crippen LogP) is 13.5. The van der Waals surface area contributed by atoms with E-state index in [0.29, 0.717) is 5.89 Å². The molecular formula is C47H30N2OS. The standard InChI is InChI=1S/C47H30N2OS/c1-3-13-29(14-4-1)30-15-11-16-31(27-30)47-48-44-43-42-36(22-12-23-38(42)46(44)50-47)34-19-7-8-21-37(34)45(43)49(32-17-5-2-6-18-32)33-25-26-41-39(28-33)35-20-9-10-24-40(35)51-41/h1-22,24-28,38H,23H2. The Labute approximate surface area is 299 Å². The Kier molecular flexibility index (Phi) is 6.25. The number of rotatable bonds is 5. The zero-order valence-corrected chi connectivity index (χ0v) is 28.4. The van der Waals surface area contributed by atoms with Crippen molar-refractivity contribution in [2.75, 3.05) is 4.90 Å². The summed E-state index contributed by atoms with van der Waals surface area (Å²) in [7, 11) is 0. The van der Waals surface area contributed by atoms with Gasteiger partial charge in [-0.15, -0.1) is 11.3 Å². The van der Waals surface area contributed by atoms with Gasteiger partial charge < -0.3 is 9.32 Å². The van der Waals surface area contributed by atoms with Crippen LogP contribution >= 0.6 is 11.3 Å². The van der Waals surface area contributed by atoms with Gasteiger partial charge in [0, 0.05) is 54.0 Å². The molecule has 11 rings (SSSR count). The monoisotopic (exact) mass is 670 g/mol. The van der Waals surface area contributed by atoms with E-state index in [1.165, 1.54) is 53.2 Å². The Morgan fingerprint density at radius 3 is 2.16 bits per heavy atom. The number of oxazole rings is 1. The van der Waals surface area contributed by atoms with E-state index in [0.717, 1.165) is 46.1 Å². The normalized spacial score (nSPS) is 14.3. The third kappa shape index (κ3) is 4.33. The van der Waals surface area contributed by atoms with E-state index in [4.69, 9.17) is 9.40 Å². The fourth-order valence-electron chi connectivity index (χ4n) is 8.33. The Morgan fingerprint density at radius 2 is 1.29 bits per heavy atom. The Balaban J connectivity index is 1.19. The van der Waals surface area contributed by atoms with Gasteiger partial charge in [-0.25, -0.2) is 4.98 Å². The van der Waals surface area contributed by atoms with Crippen LogP contribution in [-0.2, 0) is 0 Å². The summed E-state index contributed by atoms with van der Waals surface area (Å²) in [6.45, 7) is 0. The van der Waals surface area contributed by atoms with Crippen LogP contribution in [0.3, 0.4) is 0 Å². The summed E-state index contributed by atoms with van der Waals surface area (Å²) < 4.78 is 9.48. The largest absolute Gasteiger partial charge is 0.440 e. The van der Waals surface area contributed by atoms with Gasteiger partial charge >= 0.3 is 0 Å². The second-order valence-corrected chi connectivity index (χ2v) is 14.5. The smallest absolute Gasteiger partial charge is 0.226 e. The first-order valence-corrected chi connectivity index (χ1v) is 18.3. The molecule has 0 saturated heterocycles. The van der Waals surface area contributed by atoms with Crippen LogP contribution in [0.15, 0.2) is 162 Å². The maximum atomic E-state index is 6.88. The van der Waals surface area contributed by atoms with Gasteiger partial charge in [0.2, 0.25) is 5.89 Å². The van der Waals surface area contributed by atoms with Crippen LogP contribution < -0.4 is 4.90 Å². The van der Waals surface area contributed by atoms with Crippen LogP contribution in [0.1, 0.15) is 29.2 Å². The number of thiophene rings is 1. The van der Waals surface area contributed by atoms with Crippen LogP contribution in [0, 0.1) is 0 Å². The fraction of sp³-hybridized carbons (Fsp3) is 0.0426. The van der Waals surface area contributed by atoms with E-state index >= 15 is 0 Å². The number of fused-ring (bicyclic) bond motifs is 8. The molecule has 3 nitrogen and oxygen atoms in total. The van der Waals surface area contributed by atoms with Crippen LogP contribution in [0.4, 0.5) is 17.1 Å². The molecule has 0 aliphatic heterocycles. The van der Waals surface area contributed by atoms with Gasteiger partial charge in [0.25, 0.3) is 0 Å². The molecule has 9 aromatic rings. The number of anilines is 3. The quantitative estimate of drug-likeness (QED) is 0.182. The lowest BCUT2D eigenvalue weighted by molar-refractivity contribution is 0.499. The van der Waals surface area contributed by atoms with Crippen LogP contribution in [0.5, 0.6) is 0 Å². The lowest BCUT2D eigenvalue weighted by Crippen LogP contribution is -2.13. The van der Waals surface area contributed by atoms with Crippen molar-refractivity contribution in [1.29, 1.82) is 0 Å². The van der Waals surface area contributed by atoms with Gasteiger partial charge in [0.05, 0.1) is 5.69 Å². The molecule has 0 N–H and O–H groups in total. The molecule has 51 heavy (non-hydrogen) atoms. The average molecular weight is 671 g/mol. The third-order valence-corrected chi connectivity index (χ3v) is 11.7. The minimum atomic E-state index is 0.0952. The highest BCUT2D eigenvalue weighted by molar-refractivity contribution is 7.25. The van der Waals surface area contributed by atoms with Crippen LogP contribution in [0.2, 0.25) is 0 Å². The third-order valence-electron chi connectivity index (χ3n) is 10.6. The number of hydrogen-bond acceptors (Lipinski definition) is 4. The molecule has 0 radical (unpaired) electrons. The number of hydrogen-bond donors (Lipinski definition) is 0. The topological polar surface area (TPSA) is 29.3 Å². The van der Waals surface area contributed by atoms with Crippen molar-refractivity contribution in [3.8, 4) is 33.8 Å². The molecule has 1 atom stereocenters. The summed E-state index contributed by atoms with van der Waals surface area (Å²) in [6.07, 6.45) is 5.50. The first kappa shape index (κ1) is 28.6. The van der Waals surface area contributed by atoms with Gasteiger partial charge in [0.1, 0.15) is 11.5 Å². The molecule has 4 heteroatoms. The summed E-state index contributed by atoms with van der Waals surface area (Å²) >= 11 is 1.85. The van der Waals surface area contributed by atoms with Crippen molar-refractivity contribution in [3.05, 3.63) is 175 Å². The molecular weight excluding hydrogens is 641 g/mol. The van der Waals surface area contributed by atoms with Crippen molar-refractivity contribution in [3.63, 3.8) is 0 Å². The minimum Gasteiger partial charge on any atom is -0.440 e. The van der Waals surface area contributed by atoms with Gasteiger partial charge in [-0.05, 0) is 82.6 Å². The molecule has 0 amide bonds. The van der Waals surface area contributed by atoms with Gasteiger partial charge in [0.15, 0.2) is 0 Å². The summed E-state index contributed by atoms with van der Waals surface area (Å²) in [6, 6.07) is 54.4. The molecule has 0 bridgehead atoms. The highest BCUT2D eigenvalue weighted by Gasteiger charge is 2.41. The van der Waals surface area contributed by atoms with Gasteiger partial charge in [-0.1, -0.05) is 115 Å². The molecule has 1 unspecified atom stereocenters. The second-order valence-electron chi connectivity index (χ2n) is 13.4. The number of benzene rings is 7. The molecule has 0 spiro atoms. The maximum Gasteiger partial charge on any atom is 0.226 e. The number of aromatic nitrogens is 1. The molecule has 7 aromatic carbocycles. The highest BCUT2D eigenvalue weighted by atomic mass is 32.1. The molecule has 2 aliphatic carbocycles. The van der Waals surface area contributed by atoms with E-state index in [2.05, 4.69) is 169 Å². The Morgan fingerprint density at radius 1 is 0.588 bits per heavy atom. The Bertz CT molecular complexity index is 2850. The summed E-state index contributed by atoms with van der Waals surface area (Å²) in [4.78, 5) is 7.86. The van der Waals surface area contributed by atoms with Gasteiger partial charge in [-0.2, -0.15) is 0 Å². The lowest BCUT2D eigenvalue weighted by Gasteiger charge is -2.31. The lowest BCUT2D eigenvalue weighted by atomic mass is 9.83. The number of nitrogens with zero attached hydrogens (tertiary/aromatic N) is 2. The SMILES string of the molecule is C1=Cc2c3c(c(N(c4ccccc4)c4ccc5sc6ccccc6c5c4)c4ccccc24)-c2nc(-c4cccc(-c5ccccc5)c4)oc2C3C1. The fourth-order valence-corrected chi connectivity index (χ4v) is 9.41. The number of para-hydroxylation sites is 1. The Hall–Kier alpha value is -6.23. The van der Waals surface area contributed by atoms with Gasteiger partial charge in [-0.3, -0.25) is 0 Å². The summed E-state index contributed by atoms with van der Waals surface area (Å²) in [5.74, 6) is 1.72. The van der Waals surface area contributed by atoms with Crippen molar-refractivity contribution in [2.24, 2.45) is 0 Å². The minimum absolute atomic E-state index is 0.0952. The zero-order valence-electron chi connectivity index (χ0n) is 27.6. The molecule has 2 heterocycles. The van der Waals surface area contributed by atoms with E-state index < -0.39 is 0 Å². The highest BCUT2D eigenvalue weighted by Crippen LogP contribution is 2.59. The first-order chi connectivity index (χ1) is 25.3. The van der Waals surface area contributed by atoms with E-state index in [-0.39, 0.29) is 5.92 Å². The van der Waals surface area contributed by atoms with Crippen molar-refractivity contribution in [2.45, 2.75) is 12.3 Å². The second kappa shape index (κ2) is 11.1. The first-order valence-electron chi connectivity index (χ1n) is 17.5. The van der Waals surface area contributed by atoms with Crippen molar-refractivity contribution < 1.29 is 4.42 Å². The molecule has 0 saturated carbocycles.